The number of halogens is 2. The van der Waals surface area contributed by atoms with Gasteiger partial charge in [0.25, 0.3) is 5.92 Å². The average molecular weight is 434 g/mol. The summed E-state index contributed by atoms with van der Waals surface area (Å²) < 4.78 is 35.7. The number of nitrogens with one attached hydrogen (secondary N) is 2. The molecular formula is C22H28F2N4O3. The van der Waals surface area contributed by atoms with Crippen molar-refractivity contribution in [2.45, 2.75) is 52.2 Å². The van der Waals surface area contributed by atoms with E-state index in [0.717, 1.165) is 0 Å². The van der Waals surface area contributed by atoms with Gasteiger partial charge in [-0.1, -0.05) is 25.1 Å². The van der Waals surface area contributed by atoms with Crippen LogP contribution < -0.4 is 10.6 Å². The Morgan fingerprint density at radius 1 is 1.39 bits per heavy atom. The van der Waals surface area contributed by atoms with Crippen LogP contribution in [0.1, 0.15) is 39.2 Å². The molecule has 1 aromatic carbocycles. The van der Waals surface area contributed by atoms with Gasteiger partial charge in [0.1, 0.15) is 0 Å². The van der Waals surface area contributed by atoms with Gasteiger partial charge in [0.05, 0.1) is 30.9 Å². The molecule has 0 spiro atoms. The molecule has 168 valence electrons. The lowest BCUT2D eigenvalue weighted by Crippen LogP contribution is -2.25. The molecule has 7 nitrogen and oxygen atoms in total. The van der Waals surface area contributed by atoms with E-state index in [1.54, 1.807) is 22.9 Å². The fourth-order valence-electron chi connectivity index (χ4n) is 3.38. The minimum atomic E-state index is -2.93. The van der Waals surface area contributed by atoms with Crippen molar-refractivity contribution in [1.82, 2.24) is 15.1 Å². The largest absolute Gasteiger partial charge is 0.377 e. The third-order valence-electron chi connectivity index (χ3n) is 5.16. The minimum absolute atomic E-state index is 0.0390. The summed E-state index contributed by atoms with van der Waals surface area (Å²) in [6, 6.07) is 7.83. The van der Waals surface area contributed by atoms with Crippen LogP contribution in [0.25, 0.3) is 11.3 Å². The summed E-state index contributed by atoms with van der Waals surface area (Å²) in [5, 5.41) is 9.81. The summed E-state index contributed by atoms with van der Waals surface area (Å²) in [6.07, 6.45) is -0.124. The number of aromatic nitrogens is 2. The molecule has 3 rings (SSSR count). The molecule has 1 aliphatic rings. The SMILES string of the molecule is CCC(F)(F)c1cccc(-c2cc(NC(=O)[C@H]3CNC(=O)C3)nn2CCOC(C)C)c1. The second-order valence-electron chi connectivity index (χ2n) is 7.89. The van der Waals surface area contributed by atoms with Crippen LogP contribution in [0.5, 0.6) is 0 Å². The Balaban J connectivity index is 1.87. The zero-order valence-electron chi connectivity index (χ0n) is 18.0. The van der Waals surface area contributed by atoms with Crippen molar-refractivity contribution in [3.63, 3.8) is 0 Å². The molecule has 0 saturated carbocycles. The molecule has 0 radical (unpaired) electrons. The third kappa shape index (κ3) is 5.66. The summed E-state index contributed by atoms with van der Waals surface area (Å²) in [5.74, 6) is -3.56. The van der Waals surface area contributed by atoms with Crippen molar-refractivity contribution in [3.8, 4) is 11.3 Å². The van der Waals surface area contributed by atoms with Crippen LogP contribution >= 0.6 is 0 Å². The van der Waals surface area contributed by atoms with Crippen LogP contribution in [0.4, 0.5) is 14.6 Å². The van der Waals surface area contributed by atoms with Crippen LogP contribution in [0.2, 0.25) is 0 Å². The van der Waals surface area contributed by atoms with E-state index in [9.17, 15) is 18.4 Å². The Morgan fingerprint density at radius 3 is 2.81 bits per heavy atom. The van der Waals surface area contributed by atoms with E-state index < -0.39 is 11.8 Å². The summed E-state index contributed by atoms with van der Waals surface area (Å²) in [6.45, 7) is 6.34. The van der Waals surface area contributed by atoms with E-state index >= 15 is 0 Å². The van der Waals surface area contributed by atoms with Crippen LogP contribution in [-0.2, 0) is 26.8 Å². The quantitative estimate of drug-likeness (QED) is 0.632. The van der Waals surface area contributed by atoms with Crippen molar-refractivity contribution < 1.29 is 23.1 Å². The number of alkyl halides is 2. The average Bonchev–Trinajstić information content (AvgIpc) is 3.34. The van der Waals surface area contributed by atoms with Crippen molar-refractivity contribution in [2.75, 3.05) is 18.5 Å². The summed E-state index contributed by atoms with van der Waals surface area (Å²) in [7, 11) is 0. The van der Waals surface area contributed by atoms with Gasteiger partial charge in [-0.15, -0.1) is 0 Å². The Kier molecular flexibility index (Phi) is 7.04. The molecule has 1 saturated heterocycles. The van der Waals surface area contributed by atoms with Gasteiger partial charge < -0.3 is 15.4 Å². The number of hydrogen-bond acceptors (Lipinski definition) is 4. The van der Waals surface area contributed by atoms with E-state index in [4.69, 9.17) is 4.74 Å². The number of anilines is 1. The number of amides is 2. The smallest absolute Gasteiger partial charge is 0.273 e. The molecule has 2 N–H and O–H groups in total. The van der Waals surface area contributed by atoms with Crippen LogP contribution in [0.15, 0.2) is 30.3 Å². The highest BCUT2D eigenvalue weighted by molar-refractivity contribution is 5.96. The monoisotopic (exact) mass is 434 g/mol. The second kappa shape index (κ2) is 9.55. The van der Waals surface area contributed by atoms with Crippen LogP contribution in [0, 0.1) is 5.92 Å². The molecular weight excluding hydrogens is 406 g/mol. The molecule has 0 bridgehead atoms. The van der Waals surface area contributed by atoms with E-state index in [2.05, 4.69) is 15.7 Å². The highest BCUT2D eigenvalue weighted by Crippen LogP contribution is 2.34. The molecule has 31 heavy (non-hydrogen) atoms. The number of carbonyl (C=O) groups excluding carboxylic acids is 2. The Bertz CT molecular complexity index is 943. The van der Waals surface area contributed by atoms with Crippen molar-refractivity contribution in [3.05, 3.63) is 35.9 Å². The first-order chi connectivity index (χ1) is 14.7. The zero-order chi connectivity index (χ0) is 22.6. The van der Waals surface area contributed by atoms with E-state index in [0.29, 0.717) is 30.2 Å². The molecule has 1 aromatic heterocycles. The number of benzene rings is 1. The van der Waals surface area contributed by atoms with Crippen molar-refractivity contribution >= 4 is 17.6 Å². The zero-order valence-corrected chi connectivity index (χ0v) is 18.0. The van der Waals surface area contributed by atoms with Crippen molar-refractivity contribution in [1.29, 1.82) is 0 Å². The number of nitrogens with zero attached hydrogens (tertiary/aromatic N) is 2. The predicted molar refractivity (Wildman–Crippen MR) is 113 cm³/mol. The first-order valence-corrected chi connectivity index (χ1v) is 10.5. The highest BCUT2D eigenvalue weighted by Gasteiger charge is 2.30. The lowest BCUT2D eigenvalue weighted by Gasteiger charge is -2.16. The topological polar surface area (TPSA) is 85.3 Å². The molecule has 2 aromatic rings. The van der Waals surface area contributed by atoms with E-state index in [-0.39, 0.29) is 42.9 Å². The van der Waals surface area contributed by atoms with Gasteiger partial charge in [-0.2, -0.15) is 5.10 Å². The third-order valence-corrected chi connectivity index (χ3v) is 5.16. The van der Waals surface area contributed by atoms with Gasteiger partial charge in [0.15, 0.2) is 5.82 Å². The lowest BCUT2D eigenvalue weighted by molar-refractivity contribution is -0.123. The Hall–Kier alpha value is -2.81. The Morgan fingerprint density at radius 2 is 2.16 bits per heavy atom. The Labute approximate surface area is 180 Å². The number of hydrogen-bond donors (Lipinski definition) is 2. The predicted octanol–water partition coefficient (Wildman–Crippen LogP) is 3.55. The van der Waals surface area contributed by atoms with Crippen LogP contribution in [0.3, 0.4) is 0 Å². The fraction of sp³-hybridized carbons (Fsp3) is 0.500. The van der Waals surface area contributed by atoms with Gasteiger partial charge in [-0.3, -0.25) is 14.3 Å². The van der Waals surface area contributed by atoms with Gasteiger partial charge >= 0.3 is 0 Å². The van der Waals surface area contributed by atoms with Gasteiger partial charge in [-0.05, 0) is 19.9 Å². The second-order valence-corrected chi connectivity index (χ2v) is 7.89. The maximum Gasteiger partial charge on any atom is 0.273 e. The minimum Gasteiger partial charge on any atom is -0.377 e. The van der Waals surface area contributed by atoms with Gasteiger partial charge in [0.2, 0.25) is 11.8 Å². The normalized spacial score (nSPS) is 16.6. The van der Waals surface area contributed by atoms with Gasteiger partial charge in [-0.25, -0.2) is 8.78 Å². The number of rotatable bonds is 9. The first kappa shape index (κ1) is 22.9. The van der Waals surface area contributed by atoms with Crippen LogP contribution in [-0.4, -0.2) is 40.9 Å². The highest BCUT2D eigenvalue weighted by atomic mass is 19.3. The lowest BCUT2D eigenvalue weighted by atomic mass is 10.0. The standard InChI is InChI=1S/C22H28F2N4O3/c1-4-22(23,24)17-7-5-6-15(10-17)18-12-19(27-28(18)8-9-31-14(2)3)26-21(30)16-11-20(29)25-13-16/h5-7,10,12,14,16H,4,8-9,11,13H2,1-3H3,(H,25,29)(H,26,27,30)/t16-/m1/s1. The van der Waals surface area contributed by atoms with E-state index in [1.807, 2.05) is 13.8 Å². The summed E-state index contributed by atoms with van der Waals surface area (Å²) in [5.41, 5.74) is 1.10. The number of ether oxygens (including phenoxy) is 1. The van der Waals surface area contributed by atoms with Crippen molar-refractivity contribution in [2.24, 2.45) is 5.92 Å². The van der Waals surface area contributed by atoms with Gasteiger partial charge in [0, 0.05) is 36.6 Å². The van der Waals surface area contributed by atoms with E-state index in [1.165, 1.54) is 19.1 Å². The summed E-state index contributed by atoms with van der Waals surface area (Å²) in [4.78, 5) is 23.8. The fourth-order valence-corrected chi connectivity index (χ4v) is 3.38. The molecule has 0 unspecified atom stereocenters. The molecule has 1 atom stereocenters. The molecule has 1 fully saturated rings. The maximum absolute atomic E-state index is 14.2. The molecule has 1 aliphatic heterocycles. The molecule has 2 amide bonds. The molecule has 2 heterocycles. The summed E-state index contributed by atoms with van der Waals surface area (Å²) >= 11 is 0. The first-order valence-electron chi connectivity index (χ1n) is 10.5. The maximum atomic E-state index is 14.2. The molecule has 9 heteroatoms. The number of carbonyl (C=O) groups is 2. The molecule has 0 aliphatic carbocycles.